The molecule has 0 heterocycles. The number of hydrogen-bond donors (Lipinski definition) is 1. The molecule has 0 aliphatic rings. The summed E-state index contributed by atoms with van der Waals surface area (Å²) in [7, 11) is 0. The van der Waals surface area contributed by atoms with Crippen molar-refractivity contribution in [3.05, 3.63) is 28.7 Å². The zero-order valence-electron chi connectivity index (χ0n) is 9.30. The fourth-order valence-electron chi connectivity index (χ4n) is 1.22. The zero-order chi connectivity index (χ0) is 11.5. The topological polar surface area (TPSA) is 29.1 Å². The van der Waals surface area contributed by atoms with Crippen LogP contribution in [0, 0.1) is 5.41 Å². The molecule has 0 aliphatic carbocycles. The highest BCUT2D eigenvalue weighted by Crippen LogP contribution is 2.20. The van der Waals surface area contributed by atoms with Crippen LogP contribution in [0.2, 0.25) is 0 Å². The third kappa shape index (κ3) is 4.98. The molecule has 0 fully saturated rings. The highest BCUT2D eigenvalue weighted by molar-refractivity contribution is 9.10. The summed E-state index contributed by atoms with van der Waals surface area (Å²) >= 11 is 3.35. The van der Waals surface area contributed by atoms with Gasteiger partial charge in [-0.2, -0.15) is 0 Å². The van der Waals surface area contributed by atoms with Crippen molar-refractivity contribution in [2.24, 2.45) is 5.41 Å². The monoisotopic (exact) mass is 269 g/mol. The first-order chi connectivity index (χ1) is 6.87. The van der Waals surface area contributed by atoms with Crippen LogP contribution < -0.4 is 5.32 Å². The Bertz CT molecular complexity index is 338. The molecule has 3 heteroatoms. The highest BCUT2D eigenvalue weighted by Gasteiger charge is 2.15. The number of rotatable bonds is 2. The number of nitrogens with one attached hydrogen (secondary N) is 1. The number of benzene rings is 1. The second kappa shape index (κ2) is 4.79. The van der Waals surface area contributed by atoms with Gasteiger partial charge in [-0.15, -0.1) is 0 Å². The molecule has 0 aromatic heterocycles. The summed E-state index contributed by atoms with van der Waals surface area (Å²) in [5.74, 6) is 0.0600. The Labute approximate surface area is 99.2 Å². The van der Waals surface area contributed by atoms with E-state index in [1.54, 1.807) is 0 Å². The Morgan fingerprint density at radius 2 is 1.80 bits per heavy atom. The van der Waals surface area contributed by atoms with E-state index in [-0.39, 0.29) is 11.3 Å². The van der Waals surface area contributed by atoms with Gasteiger partial charge in [0.1, 0.15) is 0 Å². The van der Waals surface area contributed by atoms with Crippen molar-refractivity contribution in [1.82, 2.24) is 0 Å². The lowest BCUT2D eigenvalue weighted by molar-refractivity contribution is -0.117. The third-order valence-electron chi connectivity index (χ3n) is 1.82. The van der Waals surface area contributed by atoms with Crippen LogP contribution >= 0.6 is 15.9 Å². The normalized spacial score (nSPS) is 11.2. The van der Waals surface area contributed by atoms with Gasteiger partial charge < -0.3 is 5.32 Å². The van der Waals surface area contributed by atoms with Gasteiger partial charge in [-0.05, 0) is 29.7 Å². The number of amides is 1. The molecule has 15 heavy (non-hydrogen) atoms. The summed E-state index contributed by atoms with van der Waals surface area (Å²) in [6.07, 6.45) is 0.531. The van der Waals surface area contributed by atoms with E-state index < -0.39 is 0 Å². The van der Waals surface area contributed by atoms with E-state index in [2.05, 4.69) is 21.2 Å². The van der Waals surface area contributed by atoms with Gasteiger partial charge in [0.2, 0.25) is 5.91 Å². The fourth-order valence-corrected chi connectivity index (χ4v) is 1.48. The van der Waals surface area contributed by atoms with Crippen molar-refractivity contribution in [1.29, 1.82) is 0 Å². The van der Waals surface area contributed by atoms with E-state index >= 15 is 0 Å². The van der Waals surface area contributed by atoms with Crippen LogP contribution in [0.3, 0.4) is 0 Å². The largest absolute Gasteiger partial charge is 0.326 e. The van der Waals surface area contributed by atoms with Crippen molar-refractivity contribution in [2.75, 3.05) is 5.32 Å². The summed E-state index contributed by atoms with van der Waals surface area (Å²) < 4.78 is 1.01. The molecule has 1 amide bonds. The SMILES string of the molecule is CC(C)(C)CC(=O)Nc1ccc(Br)cc1. The Morgan fingerprint density at radius 3 is 2.27 bits per heavy atom. The molecule has 1 aromatic rings. The molecular weight excluding hydrogens is 254 g/mol. The van der Waals surface area contributed by atoms with Crippen LogP contribution in [0.25, 0.3) is 0 Å². The third-order valence-corrected chi connectivity index (χ3v) is 2.35. The Kier molecular flexibility index (Phi) is 3.91. The number of hydrogen-bond acceptors (Lipinski definition) is 1. The lowest BCUT2D eigenvalue weighted by atomic mass is 9.92. The predicted molar refractivity (Wildman–Crippen MR) is 66.8 cm³/mol. The minimum Gasteiger partial charge on any atom is -0.326 e. The van der Waals surface area contributed by atoms with Crippen molar-refractivity contribution in [2.45, 2.75) is 27.2 Å². The van der Waals surface area contributed by atoms with Crippen LogP contribution in [0.15, 0.2) is 28.7 Å². The molecular formula is C12H16BrNO. The predicted octanol–water partition coefficient (Wildman–Crippen LogP) is 3.82. The van der Waals surface area contributed by atoms with Crippen LogP contribution in [-0.4, -0.2) is 5.91 Å². The van der Waals surface area contributed by atoms with E-state index in [0.717, 1.165) is 10.2 Å². The van der Waals surface area contributed by atoms with Gasteiger partial charge in [-0.1, -0.05) is 36.7 Å². The van der Waals surface area contributed by atoms with Gasteiger partial charge in [0, 0.05) is 16.6 Å². The smallest absolute Gasteiger partial charge is 0.224 e. The van der Waals surface area contributed by atoms with Gasteiger partial charge in [-0.25, -0.2) is 0 Å². The van der Waals surface area contributed by atoms with Crippen LogP contribution in [-0.2, 0) is 4.79 Å². The highest BCUT2D eigenvalue weighted by atomic mass is 79.9. The van der Waals surface area contributed by atoms with Crippen LogP contribution in [0.4, 0.5) is 5.69 Å². The van der Waals surface area contributed by atoms with Crippen LogP contribution in [0.5, 0.6) is 0 Å². The van der Waals surface area contributed by atoms with Crippen LogP contribution in [0.1, 0.15) is 27.2 Å². The molecule has 0 spiro atoms. The second-order valence-corrected chi connectivity index (χ2v) is 5.71. The number of carbonyl (C=O) groups is 1. The Balaban J connectivity index is 2.55. The summed E-state index contributed by atoms with van der Waals surface area (Å²) in [5, 5.41) is 2.87. The van der Waals surface area contributed by atoms with Gasteiger partial charge in [0.15, 0.2) is 0 Å². The lowest BCUT2D eigenvalue weighted by Crippen LogP contribution is -2.19. The van der Waals surface area contributed by atoms with Crippen molar-refractivity contribution >= 4 is 27.5 Å². The molecule has 1 aromatic carbocycles. The van der Waals surface area contributed by atoms with E-state index in [1.807, 2.05) is 45.0 Å². The molecule has 2 nitrogen and oxygen atoms in total. The standard InChI is InChI=1S/C12H16BrNO/c1-12(2,3)8-11(15)14-10-6-4-9(13)5-7-10/h4-7H,8H2,1-3H3,(H,14,15). The van der Waals surface area contributed by atoms with Crippen molar-refractivity contribution in [3.63, 3.8) is 0 Å². The maximum absolute atomic E-state index is 11.6. The maximum Gasteiger partial charge on any atom is 0.224 e. The van der Waals surface area contributed by atoms with Crippen molar-refractivity contribution in [3.8, 4) is 0 Å². The molecule has 0 saturated carbocycles. The molecule has 0 aliphatic heterocycles. The van der Waals surface area contributed by atoms with E-state index in [0.29, 0.717) is 6.42 Å². The first-order valence-electron chi connectivity index (χ1n) is 4.92. The van der Waals surface area contributed by atoms with Gasteiger partial charge in [-0.3, -0.25) is 4.79 Å². The fraction of sp³-hybridized carbons (Fsp3) is 0.417. The quantitative estimate of drug-likeness (QED) is 0.869. The Morgan fingerprint density at radius 1 is 1.27 bits per heavy atom. The molecule has 82 valence electrons. The van der Waals surface area contributed by atoms with E-state index in [9.17, 15) is 4.79 Å². The molecule has 0 bridgehead atoms. The summed E-state index contributed by atoms with van der Waals surface area (Å²) in [4.78, 5) is 11.6. The van der Waals surface area contributed by atoms with Gasteiger partial charge >= 0.3 is 0 Å². The first kappa shape index (κ1) is 12.2. The Hall–Kier alpha value is -0.830. The molecule has 1 N–H and O–H groups in total. The van der Waals surface area contributed by atoms with E-state index in [1.165, 1.54) is 0 Å². The molecule has 0 saturated heterocycles. The van der Waals surface area contributed by atoms with Gasteiger partial charge in [0.25, 0.3) is 0 Å². The molecule has 0 unspecified atom stereocenters. The first-order valence-corrected chi connectivity index (χ1v) is 5.71. The molecule has 0 atom stereocenters. The zero-order valence-corrected chi connectivity index (χ0v) is 10.9. The average Bonchev–Trinajstić information content (AvgIpc) is 2.05. The minimum atomic E-state index is 0.0272. The minimum absolute atomic E-state index is 0.0272. The summed E-state index contributed by atoms with van der Waals surface area (Å²) in [6.45, 7) is 6.15. The van der Waals surface area contributed by atoms with E-state index in [4.69, 9.17) is 0 Å². The lowest BCUT2D eigenvalue weighted by Gasteiger charge is -2.17. The number of carbonyl (C=O) groups excluding carboxylic acids is 1. The second-order valence-electron chi connectivity index (χ2n) is 4.79. The molecule has 1 rings (SSSR count). The maximum atomic E-state index is 11.6. The summed E-state index contributed by atoms with van der Waals surface area (Å²) in [5.41, 5.74) is 0.867. The molecule has 0 radical (unpaired) electrons. The average molecular weight is 270 g/mol. The van der Waals surface area contributed by atoms with Crippen molar-refractivity contribution < 1.29 is 4.79 Å². The number of halogens is 1. The number of anilines is 1. The van der Waals surface area contributed by atoms with Gasteiger partial charge in [0.05, 0.1) is 0 Å². The summed E-state index contributed by atoms with van der Waals surface area (Å²) in [6, 6.07) is 7.58.